The van der Waals surface area contributed by atoms with Crippen molar-refractivity contribution < 1.29 is 9.15 Å². The van der Waals surface area contributed by atoms with Gasteiger partial charge in [-0.05, 0) is 20.8 Å². The van der Waals surface area contributed by atoms with Gasteiger partial charge in [0.2, 0.25) is 17.7 Å². The third-order valence-electron chi connectivity index (χ3n) is 2.40. The summed E-state index contributed by atoms with van der Waals surface area (Å²) in [5.74, 6) is 2.41. The lowest BCUT2D eigenvalue weighted by atomic mass is 10.3. The fraction of sp³-hybridized carbons (Fsp3) is 0.417. The van der Waals surface area contributed by atoms with Gasteiger partial charge in [-0.25, -0.2) is 9.97 Å². The molecule has 2 aromatic heterocycles. The molecule has 0 fully saturated rings. The van der Waals surface area contributed by atoms with E-state index >= 15 is 0 Å². The van der Waals surface area contributed by atoms with Gasteiger partial charge in [-0.2, -0.15) is 4.98 Å². The maximum absolute atomic E-state index is 5.44. The van der Waals surface area contributed by atoms with E-state index in [0.717, 1.165) is 11.5 Å². The highest BCUT2D eigenvalue weighted by Gasteiger charge is 2.13. The molecule has 2 rings (SSSR count). The van der Waals surface area contributed by atoms with Crippen molar-refractivity contribution in [3.8, 4) is 5.88 Å². The van der Waals surface area contributed by atoms with Gasteiger partial charge in [0.15, 0.2) is 0 Å². The SMILES string of the molecule is COc1cc(C)nc(NC(C)c2ncc(C)o2)n1. The minimum absolute atomic E-state index is 0.106. The van der Waals surface area contributed by atoms with Gasteiger partial charge in [0, 0.05) is 11.8 Å². The summed E-state index contributed by atoms with van der Waals surface area (Å²) < 4.78 is 10.5. The summed E-state index contributed by atoms with van der Waals surface area (Å²) in [6.07, 6.45) is 1.69. The Hall–Kier alpha value is -2.11. The molecule has 0 bridgehead atoms. The number of rotatable bonds is 4. The minimum atomic E-state index is -0.106. The molecule has 0 radical (unpaired) electrons. The molecule has 96 valence electrons. The summed E-state index contributed by atoms with van der Waals surface area (Å²) in [5.41, 5.74) is 0.833. The number of hydrogen-bond donors (Lipinski definition) is 1. The molecule has 6 heteroatoms. The number of nitrogens with zero attached hydrogens (tertiary/aromatic N) is 3. The van der Waals surface area contributed by atoms with Crippen molar-refractivity contribution in [2.45, 2.75) is 26.8 Å². The zero-order valence-corrected chi connectivity index (χ0v) is 10.9. The highest BCUT2D eigenvalue weighted by Crippen LogP contribution is 2.18. The molecule has 0 aromatic carbocycles. The van der Waals surface area contributed by atoms with Crippen LogP contribution < -0.4 is 10.1 Å². The van der Waals surface area contributed by atoms with Gasteiger partial charge in [-0.3, -0.25) is 0 Å². The van der Waals surface area contributed by atoms with Crippen LogP contribution in [0.1, 0.15) is 30.3 Å². The number of methoxy groups -OCH3 is 1. The Morgan fingerprint density at radius 1 is 1.33 bits per heavy atom. The number of oxazole rings is 1. The quantitative estimate of drug-likeness (QED) is 0.894. The van der Waals surface area contributed by atoms with E-state index in [-0.39, 0.29) is 6.04 Å². The Bertz CT molecular complexity index is 539. The first-order valence-corrected chi connectivity index (χ1v) is 5.67. The lowest BCUT2D eigenvalue weighted by Crippen LogP contribution is -2.10. The standard InChI is InChI=1S/C12H16N4O2/c1-7-5-10(17-4)16-12(14-7)15-9(3)11-13-6-8(2)18-11/h5-6,9H,1-4H3,(H,14,15,16). The van der Waals surface area contributed by atoms with Crippen LogP contribution in [0.15, 0.2) is 16.7 Å². The maximum atomic E-state index is 5.44. The van der Waals surface area contributed by atoms with Crippen LogP contribution in [0.25, 0.3) is 0 Å². The van der Waals surface area contributed by atoms with Crippen LogP contribution in [0.5, 0.6) is 5.88 Å². The Labute approximate surface area is 105 Å². The fourth-order valence-electron chi connectivity index (χ4n) is 1.54. The summed E-state index contributed by atoms with van der Waals surface area (Å²) >= 11 is 0. The van der Waals surface area contributed by atoms with E-state index in [1.54, 1.807) is 19.4 Å². The molecule has 1 N–H and O–H groups in total. The van der Waals surface area contributed by atoms with Gasteiger partial charge in [-0.1, -0.05) is 0 Å². The van der Waals surface area contributed by atoms with Crippen LogP contribution in [0.2, 0.25) is 0 Å². The first-order valence-electron chi connectivity index (χ1n) is 5.67. The van der Waals surface area contributed by atoms with Gasteiger partial charge < -0.3 is 14.5 Å². The smallest absolute Gasteiger partial charge is 0.226 e. The predicted molar refractivity (Wildman–Crippen MR) is 66.6 cm³/mol. The molecule has 1 unspecified atom stereocenters. The van der Waals surface area contributed by atoms with Crippen molar-refractivity contribution in [3.05, 3.63) is 29.6 Å². The molecular formula is C12H16N4O2. The second-order valence-electron chi connectivity index (χ2n) is 4.05. The minimum Gasteiger partial charge on any atom is -0.481 e. The second kappa shape index (κ2) is 5.03. The number of nitrogens with one attached hydrogen (secondary N) is 1. The van der Waals surface area contributed by atoms with Crippen molar-refractivity contribution in [3.63, 3.8) is 0 Å². The average molecular weight is 248 g/mol. The number of aryl methyl sites for hydroxylation is 2. The summed E-state index contributed by atoms with van der Waals surface area (Å²) in [6, 6.07) is 1.66. The zero-order valence-electron chi connectivity index (χ0n) is 10.9. The van der Waals surface area contributed by atoms with E-state index in [1.807, 2.05) is 20.8 Å². The number of hydrogen-bond acceptors (Lipinski definition) is 6. The highest BCUT2D eigenvalue weighted by atomic mass is 16.5. The largest absolute Gasteiger partial charge is 0.481 e. The Kier molecular flexibility index (Phi) is 3.45. The van der Waals surface area contributed by atoms with E-state index in [1.165, 1.54) is 0 Å². The molecule has 0 spiro atoms. The molecule has 0 aliphatic rings. The molecule has 0 saturated heterocycles. The third kappa shape index (κ3) is 2.77. The van der Waals surface area contributed by atoms with Crippen LogP contribution >= 0.6 is 0 Å². The van der Waals surface area contributed by atoms with E-state index in [4.69, 9.17) is 9.15 Å². The van der Waals surface area contributed by atoms with Crippen molar-refractivity contribution in [2.75, 3.05) is 12.4 Å². The van der Waals surface area contributed by atoms with E-state index < -0.39 is 0 Å². The third-order valence-corrected chi connectivity index (χ3v) is 2.40. The van der Waals surface area contributed by atoms with Crippen molar-refractivity contribution in [2.24, 2.45) is 0 Å². The number of ether oxygens (including phenoxy) is 1. The summed E-state index contributed by atoms with van der Waals surface area (Å²) in [7, 11) is 1.58. The Balaban J connectivity index is 2.16. The molecule has 1 atom stereocenters. The second-order valence-corrected chi connectivity index (χ2v) is 4.05. The average Bonchev–Trinajstić information content (AvgIpc) is 2.75. The lowest BCUT2D eigenvalue weighted by molar-refractivity contribution is 0.396. The summed E-state index contributed by atoms with van der Waals surface area (Å²) in [5, 5.41) is 3.13. The fourth-order valence-corrected chi connectivity index (χ4v) is 1.54. The van der Waals surface area contributed by atoms with Crippen LogP contribution in [-0.2, 0) is 0 Å². The number of anilines is 1. The first-order chi connectivity index (χ1) is 8.58. The van der Waals surface area contributed by atoms with Crippen molar-refractivity contribution in [1.29, 1.82) is 0 Å². The van der Waals surface area contributed by atoms with Crippen molar-refractivity contribution >= 4 is 5.95 Å². The summed E-state index contributed by atoms with van der Waals surface area (Å²) in [6.45, 7) is 5.67. The monoisotopic (exact) mass is 248 g/mol. The molecule has 0 saturated carbocycles. The van der Waals surface area contributed by atoms with Crippen LogP contribution in [0.4, 0.5) is 5.95 Å². The van der Waals surface area contributed by atoms with E-state index in [9.17, 15) is 0 Å². The lowest BCUT2D eigenvalue weighted by Gasteiger charge is -2.11. The van der Waals surface area contributed by atoms with Gasteiger partial charge in [0.05, 0.1) is 13.3 Å². The predicted octanol–water partition coefficient (Wildman–Crippen LogP) is 2.26. The Morgan fingerprint density at radius 3 is 2.72 bits per heavy atom. The maximum Gasteiger partial charge on any atom is 0.226 e. The van der Waals surface area contributed by atoms with Gasteiger partial charge >= 0.3 is 0 Å². The van der Waals surface area contributed by atoms with Crippen molar-refractivity contribution in [1.82, 2.24) is 15.0 Å². The van der Waals surface area contributed by atoms with E-state index in [0.29, 0.717) is 17.7 Å². The highest BCUT2D eigenvalue weighted by molar-refractivity contribution is 5.32. The van der Waals surface area contributed by atoms with Crippen LogP contribution in [-0.4, -0.2) is 22.1 Å². The van der Waals surface area contributed by atoms with E-state index in [2.05, 4.69) is 20.3 Å². The molecule has 2 heterocycles. The summed E-state index contributed by atoms with van der Waals surface area (Å²) in [4.78, 5) is 12.7. The topological polar surface area (TPSA) is 73.1 Å². The first kappa shape index (κ1) is 12.3. The normalized spacial score (nSPS) is 12.2. The van der Waals surface area contributed by atoms with Crippen LogP contribution in [0, 0.1) is 13.8 Å². The molecule has 6 nitrogen and oxygen atoms in total. The number of aromatic nitrogens is 3. The molecule has 18 heavy (non-hydrogen) atoms. The van der Waals surface area contributed by atoms with Gasteiger partial charge in [0.25, 0.3) is 0 Å². The molecule has 0 aliphatic heterocycles. The molecule has 0 aliphatic carbocycles. The van der Waals surface area contributed by atoms with Gasteiger partial charge in [-0.15, -0.1) is 0 Å². The zero-order chi connectivity index (χ0) is 13.1. The Morgan fingerprint density at radius 2 is 2.11 bits per heavy atom. The molecular weight excluding hydrogens is 232 g/mol. The molecule has 2 aromatic rings. The van der Waals surface area contributed by atoms with Crippen LogP contribution in [0.3, 0.4) is 0 Å². The van der Waals surface area contributed by atoms with Gasteiger partial charge in [0.1, 0.15) is 11.8 Å². The molecule has 0 amide bonds.